The highest BCUT2D eigenvalue weighted by molar-refractivity contribution is 7.98. The Morgan fingerprint density at radius 2 is 2.05 bits per heavy atom. The standard InChI is InChI=1S/C16H15N3OS/c1-21-13-7-5-12(6-8-13)10-17-16(20)14-11-19-9-3-2-4-15(19)18-14/h2-9,11H,10H2,1H3,(H,17,20). The molecule has 0 aliphatic rings. The molecule has 21 heavy (non-hydrogen) atoms. The predicted octanol–water partition coefficient (Wildman–Crippen LogP) is 2.99. The van der Waals surface area contributed by atoms with Gasteiger partial charge in [0.05, 0.1) is 0 Å². The van der Waals surface area contributed by atoms with E-state index in [1.54, 1.807) is 18.0 Å². The van der Waals surface area contributed by atoms with E-state index in [1.807, 2.05) is 47.2 Å². The maximum atomic E-state index is 12.1. The summed E-state index contributed by atoms with van der Waals surface area (Å²) < 4.78 is 1.84. The summed E-state index contributed by atoms with van der Waals surface area (Å²) in [4.78, 5) is 17.6. The van der Waals surface area contributed by atoms with Crippen molar-refractivity contribution in [2.24, 2.45) is 0 Å². The van der Waals surface area contributed by atoms with Crippen molar-refractivity contribution in [2.75, 3.05) is 6.26 Å². The van der Waals surface area contributed by atoms with E-state index in [4.69, 9.17) is 0 Å². The van der Waals surface area contributed by atoms with Crippen LogP contribution in [0, 0.1) is 0 Å². The molecule has 1 N–H and O–H groups in total. The van der Waals surface area contributed by atoms with Gasteiger partial charge in [0, 0.05) is 23.8 Å². The number of amides is 1. The van der Waals surface area contributed by atoms with Crippen LogP contribution in [0.25, 0.3) is 5.65 Å². The van der Waals surface area contributed by atoms with Gasteiger partial charge >= 0.3 is 0 Å². The van der Waals surface area contributed by atoms with Crippen molar-refractivity contribution in [1.29, 1.82) is 0 Å². The SMILES string of the molecule is CSc1ccc(CNC(=O)c2cn3ccccc3n2)cc1. The van der Waals surface area contributed by atoms with Crippen LogP contribution < -0.4 is 5.32 Å². The second-order valence-corrected chi connectivity index (χ2v) is 5.50. The molecule has 1 aromatic carbocycles. The summed E-state index contributed by atoms with van der Waals surface area (Å²) in [5.41, 5.74) is 2.28. The fraction of sp³-hybridized carbons (Fsp3) is 0.125. The Morgan fingerprint density at radius 1 is 1.24 bits per heavy atom. The Balaban J connectivity index is 1.68. The fourth-order valence-electron chi connectivity index (χ4n) is 2.06. The van der Waals surface area contributed by atoms with E-state index in [1.165, 1.54) is 4.90 Å². The third kappa shape index (κ3) is 3.08. The van der Waals surface area contributed by atoms with Gasteiger partial charge in [0.1, 0.15) is 11.3 Å². The summed E-state index contributed by atoms with van der Waals surface area (Å²) in [5, 5.41) is 2.89. The zero-order chi connectivity index (χ0) is 14.7. The first-order valence-electron chi connectivity index (χ1n) is 6.61. The zero-order valence-corrected chi connectivity index (χ0v) is 12.4. The van der Waals surface area contributed by atoms with Crippen LogP contribution in [-0.2, 0) is 6.54 Å². The van der Waals surface area contributed by atoms with Crippen LogP contribution in [0.4, 0.5) is 0 Å². The number of aromatic nitrogens is 2. The number of thioether (sulfide) groups is 1. The summed E-state index contributed by atoms with van der Waals surface area (Å²) in [6.07, 6.45) is 5.65. The minimum atomic E-state index is -0.160. The molecule has 0 radical (unpaired) electrons. The number of benzene rings is 1. The number of nitrogens with zero attached hydrogens (tertiary/aromatic N) is 2. The van der Waals surface area contributed by atoms with Gasteiger partial charge in [-0.1, -0.05) is 18.2 Å². The van der Waals surface area contributed by atoms with Crippen molar-refractivity contribution < 1.29 is 4.79 Å². The lowest BCUT2D eigenvalue weighted by molar-refractivity contribution is 0.0946. The van der Waals surface area contributed by atoms with E-state index in [0.717, 1.165) is 11.2 Å². The van der Waals surface area contributed by atoms with Crippen LogP contribution in [-0.4, -0.2) is 21.5 Å². The Bertz CT molecular complexity index is 732. The van der Waals surface area contributed by atoms with Crippen LogP contribution in [0.1, 0.15) is 16.1 Å². The summed E-state index contributed by atoms with van der Waals surface area (Å²) in [7, 11) is 0. The molecule has 106 valence electrons. The highest BCUT2D eigenvalue weighted by Gasteiger charge is 2.09. The van der Waals surface area contributed by atoms with Crippen LogP contribution in [0.3, 0.4) is 0 Å². The summed E-state index contributed by atoms with van der Waals surface area (Å²) in [5.74, 6) is -0.160. The van der Waals surface area contributed by atoms with Gasteiger partial charge in [-0.2, -0.15) is 0 Å². The van der Waals surface area contributed by atoms with E-state index >= 15 is 0 Å². The zero-order valence-electron chi connectivity index (χ0n) is 11.6. The van der Waals surface area contributed by atoms with E-state index in [2.05, 4.69) is 22.4 Å². The first-order valence-corrected chi connectivity index (χ1v) is 7.83. The average molecular weight is 297 g/mol. The molecule has 1 amide bonds. The molecule has 2 heterocycles. The van der Waals surface area contributed by atoms with Crippen LogP contribution >= 0.6 is 11.8 Å². The van der Waals surface area contributed by atoms with Gasteiger partial charge in [0.25, 0.3) is 5.91 Å². The third-order valence-electron chi connectivity index (χ3n) is 3.21. The molecule has 4 nitrogen and oxygen atoms in total. The van der Waals surface area contributed by atoms with E-state index in [-0.39, 0.29) is 5.91 Å². The van der Waals surface area contributed by atoms with Gasteiger partial charge < -0.3 is 9.72 Å². The molecule has 0 aliphatic carbocycles. The molecule has 0 aliphatic heterocycles. The van der Waals surface area contributed by atoms with Crippen molar-refractivity contribution in [2.45, 2.75) is 11.4 Å². The van der Waals surface area contributed by atoms with Crippen molar-refractivity contribution in [1.82, 2.24) is 14.7 Å². The van der Waals surface area contributed by atoms with Crippen molar-refractivity contribution in [3.63, 3.8) is 0 Å². The number of carbonyl (C=O) groups is 1. The third-order valence-corrected chi connectivity index (χ3v) is 3.95. The minimum absolute atomic E-state index is 0.160. The Kier molecular flexibility index (Phi) is 3.92. The average Bonchev–Trinajstić information content (AvgIpc) is 2.97. The molecule has 5 heteroatoms. The highest BCUT2D eigenvalue weighted by Crippen LogP contribution is 2.14. The largest absolute Gasteiger partial charge is 0.347 e. The van der Waals surface area contributed by atoms with Gasteiger partial charge in [0.15, 0.2) is 0 Å². The first-order chi connectivity index (χ1) is 10.3. The topological polar surface area (TPSA) is 46.4 Å². The second kappa shape index (κ2) is 6.01. The molecule has 3 aromatic rings. The van der Waals surface area contributed by atoms with Gasteiger partial charge in [-0.25, -0.2) is 4.98 Å². The van der Waals surface area contributed by atoms with Crippen LogP contribution in [0.15, 0.2) is 59.8 Å². The first kappa shape index (κ1) is 13.7. The van der Waals surface area contributed by atoms with Gasteiger partial charge in [0.2, 0.25) is 0 Å². The number of imidazole rings is 1. The minimum Gasteiger partial charge on any atom is -0.347 e. The monoisotopic (exact) mass is 297 g/mol. The number of hydrogen-bond acceptors (Lipinski definition) is 3. The summed E-state index contributed by atoms with van der Waals surface area (Å²) in [6, 6.07) is 13.8. The molecular weight excluding hydrogens is 282 g/mol. The van der Waals surface area contributed by atoms with Gasteiger partial charge in [-0.3, -0.25) is 4.79 Å². The number of carbonyl (C=O) groups excluding carboxylic acids is 1. The molecule has 0 bridgehead atoms. The fourth-order valence-corrected chi connectivity index (χ4v) is 2.47. The molecule has 0 saturated heterocycles. The van der Waals surface area contributed by atoms with Gasteiger partial charge in [-0.15, -0.1) is 11.8 Å². The molecule has 0 atom stereocenters. The van der Waals surface area contributed by atoms with Crippen LogP contribution in [0.2, 0.25) is 0 Å². The number of pyridine rings is 1. The smallest absolute Gasteiger partial charge is 0.271 e. The van der Waals surface area contributed by atoms with Crippen molar-refractivity contribution >= 4 is 23.3 Å². The maximum Gasteiger partial charge on any atom is 0.271 e. The molecule has 3 rings (SSSR count). The summed E-state index contributed by atoms with van der Waals surface area (Å²) >= 11 is 1.70. The Hall–Kier alpha value is -2.27. The molecule has 0 unspecified atom stereocenters. The van der Waals surface area contributed by atoms with E-state index < -0.39 is 0 Å². The molecular formula is C16H15N3OS. The highest BCUT2D eigenvalue weighted by atomic mass is 32.2. The number of fused-ring (bicyclic) bond motifs is 1. The molecule has 0 saturated carbocycles. The lowest BCUT2D eigenvalue weighted by Gasteiger charge is -2.04. The number of rotatable bonds is 4. The Morgan fingerprint density at radius 3 is 2.76 bits per heavy atom. The van der Waals surface area contributed by atoms with E-state index in [9.17, 15) is 4.79 Å². The van der Waals surface area contributed by atoms with Gasteiger partial charge in [-0.05, 0) is 36.1 Å². The molecule has 0 spiro atoms. The van der Waals surface area contributed by atoms with Crippen LogP contribution in [0.5, 0.6) is 0 Å². The molecule has 0 fully saturated rings. The lowest BCUT2D eigenvalue weighted by Crippen LogP contribution is -2.23. The van der Waals surface area contributed by atoms with Crippen molar-refractivity contribution in [3.05, 3.63) is 66.1 Å². The predicted molar refractivity (Wildman–Crippen MR) is 84.6 cm³/mol. The maximum absolute atomic E-state index is 12.1. The lowest BCUT2D eigenvalue weighted by atomic mass is 10.2. The molecule has 2 aromatic heterocycles. The number of hydrogen-bond donors (Lipinski definition) is 1. The Labute approximate surface area is 127 Å². The van der Waals surface area contributed by atoms with Crippen molar-refractivity contribution in [3.8, 4) is 0 Å². The quantitative estimate of drug-likeness (QED) is 0.753. The second-order valence-electron chi connectivity index (χ2n) is 4.62. The van der Waals surface area contributed by atoms with E-state index in [0.29, 0.717) is 12.2 Å². The normalized spacial score (nSPS) is 10.7. The number of nitrogens with one attached hydrogen (secondary N) is 1. The summed E-state index contributed by atoms with van der Waals surface area (Å²) in [6.45, 7) is 0.501.